The maximum absolute atomic E-state index is 10.9. The Hall–Kier alpha value is -0.380. The largest absolute Gasteiger partial charge is 0.393 e. The fourth-order valence-electron chi connectivity index (χ4n) is 11.3. The molecule has 33 heavy (non-hydrogen) atoms. The van der Waals surface area contributed by atoms with Crippen molar-refractivity contribution in [3.05, 3.63) is 12.2 Å². The minimum absolute atomic E-state index is 0.0791. The van der Waals surface area contributed by atoms with Gasteiger partial charge in [0.05, 0.1) is 6.10 Å². The fourth-order valence-corrected chi connectivity index (χ4v) is 11.3. The number of hydrogen-bond donors (Lipinski definition) is 2. The molecule has 2 spiro atoms. The smallest absolute Gasteiger partial charge is 0.113 e. The van der Waals surface area contributed by atoms with Gasteiger partial charge >= 0.3 is 0 Å². The van der Waals surface area contributed by atoms with Crippen LogP contribution < -0.4 is 0 Å². The summed E-state index contributed by atoms with van der Waals surface area (Å²) in [5, 5.41) is 20.1. The second-order valence-corrected chi connectivity index (χ2v) is 14.5. The molecule has 0 amide bonds. The van der Waals surface area contributed by atoms with Crippen LogP contribution in [0.2, 0.25) is 0 Å². The van der Waals surface area contributed by atoms with Crippen LogP contribution in [0.15, 0.2) is 12.2 Å². The monoisotopic (exact) mass is 458 g/mol. The average Bonchev–Trinajstić information content (AvgIpc) is 3.34. The third-order valence-corrected chi connectivity index (χ3v) is 13.4. The SMILES string of the molecule is C=C(C)C(CC[C@@H](C)[C@H]1CC[C@@]2(C)[C@@H]3CC[C@H]4C(C)(C)[C@@H](O)CC[C@@]45C[C@@]35CC[C@]12C)OO. The van der Waals surface area contributed by atoms with E-state index in [9.17, 15) is 10.4 Å². The van der Waals surface area contributed by atoms with E-state index in [-0.39, 0.29) is 17.6 Å². The Morgan fingerprint density at radius 3 is 2.24 bits per heavy atom. The van der Waals surface area contributed by atoms with Crippen LogP contribution in [-0.4, -0.2) is 22.6 Å². The van der Waals surface area contributed by atoms with Gasteiger partial charge in [0.25, 0.3) is 0 Å². The summed E-state index contributed by atoms with van der Waals surface area (Å²) in [6.07, 6.45) is 13.6. The van der Waals surface area contributed by atoms with Crippen molar-refractivity contribution in [2.45, 2.75) is 124 Å². The number of hydrogen-bond acceptors (Lipinski definition) is 3. The van der Waals surface area contributed by atoms with Gasteiger partial charge in [0.1, 0.15) is 6.10 Å². The molecule has 0 aliphatic heterocycles. The molecule has 0 heterocycles. The van der Waals surface area contributed by atoms with Crippen LogP contribution in [0, 0.1) is 50.7 Å². The van der Waals surface area contributed by atoms with Crippen LogP contribution in [0.3, 0.4) is 0 Å². The van der Waals surface area contributed by atoms with Crippen molar-refractivity contribution in [2.24, 2.45) is 50.7 Å². The quantitative estimate of drug-likeness (QED) is 0.244. The second-order valence-electron chi connectivity index (χ2n) is 14.5. The van der Waals surface area contributed by atoms with Crippen molar-refractivity contribution in [1.29, 1.82) is 0 Å². The van der Waals surface area contributed by atoms with E-state index < -0.39 is 0 Å². The molecule has 2 N–H and O–H groups in total. The van der Waals surface area contributed by atoms with Gasteiger partial charge in [0.15, 0.2) is 0 Å². The maximum Gasteiger partial charge on any atom is 0.113 e. The highest BCUT2D eigenvalue weighted by molar-refractivity contribution is 5.30. The number of rotatable bonds is 6. The molecule has 0 bridgehead atoms. The Balaban J connectivity index is 1.37. The standard InChI is InChI=1S/C30H50O3/c1-19(2)22(33-32)9-8-20(3)21-12-14-28(7)24-11-10-23-26(4,5)25(31)13-15-29(23)18-30(24,29)17-16-27(21,28)6/h20-25,31-32H,1,8-18H2,2-7H3/t20-,21-,22?,23+,24+,25+,27-,28+,29-,30+/m1/s1. The first-order chi connectivity index (χ1) is 15.4. The van der Waals surface area contributed by atoms with Gasteiger partial charge in [-0.05, 0) is 134 Å². The lowest BCUT2D eigenvalue weighted by Crippen LogP contribution is -2.57. The molecule has 0 aromatic carbocycles. The minimum Gasteiger partial charge on any atom is -0.393 e. The molecule has 3 heteroatoms. The van der Waals surface area contributed by atoms with Gasteiger partial charge < -0.3 is 5.11 Å². The highest BCUT2D eigenvalue weighted by Crippen LogP contribution is 2.89. The molecule has 3 nitrogen and oxygen atoms in total. The molecule has 5 saturated carbocycles. The Bertz CT molecular complexity index is 804. The normalized spacial score (nSPS) is 51.5. The number of fused-ring (bicyclic) bond motifs is 2. The van der Waals surface area contributed by atoms with Crippen LogP contribution in [-0.2, 0) is 4.89 Å². The van der Waals surface area contributed by atoms with Gasteiger partial charge in [-0.25, -0.2) is 4.89 Å². The molecule has 0 radical (unpaired) electrons. The molecule has 5 aliphatic rings. The first kappa shape index (κ1) is 24.3. The average molecular weight is 459 g/mol. The summed E-state index contributed by atoms with van der Waals surface area (Å²) in [4.78, 5) is 4.72. The topological polar surface area (TPSA) is 49.7 Å². The van der Waals surface area contributed by atoms with E-state index in [1.54, 1.807) is 0 Å². The Kier molecular flexibility index (Phi) is 5.57. The van der Waals surface area contributed by atoms with Crippen LogP contribution in [0.1, 0.15) is 112 Å². The van der Waals surface area contributed by atoms with Gasteiger partial charge in [0.2, 0.25) is 0 Å². The molecule has 188 valence electrons. The molecule has 10 atom stereocenters. The predicted molar refractivity (Wildman–Crippen MR) is 134 cm³/mol. The van der Waals surface area contributed by atoms with Gasteiger partial charge in [-0.2, -0.15) is 0 Å². The van der Waals surface area contributed by atoms with Crippen molar-refractivity contribution in [2.75, 3.05) is 0 Å². The summed E-state index contributed by atoms with van der Waals surface area (Å²) in [5.41, 5.74) is 2.95. The zero-order valence-corrected chi connectivity index (χ0v) is 22.3. The molecule has 0 saturated heterocycles. The fraction of sp³-hybridized carbons (Fsp3) is 0.933. The molecule has 5 aliphatic carbocycles. The van der Waals surface area contributed by atoms with Crippen molar-refractivity contribution in [3.63, 3.8) is 0 Å². The van der Waals surface area contributed by atoms with Crippen LogP contribution in [0.4, 0.5) is 0 Å². The van der Waals surface area contributed by atoms with E-state index in [0.29, 0.717) is 33.5 Å². The number of aliphatic hydroxyl groups is 1. The summed E-state index contributed by atoms with van der Waals surface area (Å²) in [6, 6.07) is 0. The molecule has 5 rings (SSSR count). The Morgan fingerprint density at radius 2 is 1.58 bits per heavy atom. The molecular weight excluding hydrogens is 408 g/mol. The van der Waals surface area contributed by atoms with Crippen molar-refractivity contribution >= 4 is 0 Å². The van der Waals surface area contributed by atoms with Crippen molar-refractivity contribution in [3.8, 4) is 0 Å². The highest BCUT2D eigenvalue weighted by atomic mass is 17.1. The molecule has 1 unspecified atom stereocenters. The van der Waals surface area contributed by atoms with Crippen LogP contribution in [0.25, 0.3) is 0 Å². The van der Waals surface area contributed by atoms with E-state index in [4.69, 9.17) is 4.89 Å². The predicted octanol–water partition coefficient (Wildman–Crippen LogP) is 7.64. The van der Waals surface area contributed by atoms with E-state index >= 15 is 0 Å². The number of aliphatic hydroxyl groups excluding tert-OH is 1. The molecule has 0 aromatic rings. The summed E-state index contributed by atoms with van der Waals surface area (Å²) < 4.78 is 0. The van der Waals surface area contributed by atoms with Crippen LogP contribution in [0.5, 0.6) is 0 Å². The van der Waals surface area contributed by atoms with Gasteiger partial charge in [-0.3, -0.25) is 5.26 Å². The zero-order valence-electron chi connectivity index (χ0n) is 22.3. The van der Waals surface area contributed by atoms with E-state index in [0.717, 1.165) is 36.7 Å². The Morgan fingerprint density at radius 1 is 0.909 bits per heavy atom. The lowest BCUT2D eigenvalue weighted by atomic mass is 9.41. The van der Waals surface area contributed by atoms with E-state index in [1.807, 2.05) is 6.92 Å². The van der Waals surface area contributed by atoms with E-state index in [2.05, 4.69) is 41.2 Å². The van der Waals surface area contributed by atoms with Gasteiger partial charge in [-0.15, -0.1) is 0 Å². The minimum atomic E-state index is -0.228. The molecule has 0 aromatic heterocycles. The summed E-state index contributed by atoms with van der Waals surface area (Å²) >= 11 is 0. The summed E-state index contributed by atoms with van der Waals surface area (Å²) in [5.74, 6) is 3.00. The van der Waals surface area contributed by atoms with E-state index in [1.165, 1.54) is 51.4 Å². The third-order valence-electron chi connectivity index (χ3n) is 13.4. The molecular formula is C30H50O3. The van der Waals surface area contributed by atoms with Gasteiger partial charge in [0, 0.05) is 0 Å². The highest BCUT2D eigenvalue weighted by Gasteiger charge is 2.82. The first-order valence-corrected chi connectivity index (χ1v) is 14.0. The molecule has 5 fully saturated rings. The van der Waals surface area contributed by atoms with Gasteiger partial charge in [-0.1, -0.05) is 41.2 Å². The maximum atomic E-state index is 10.9. The summed E-state index contributed by atoms with van der Waals surface area (Å²) in [7, 11) is 0. The summed E-state index contributed by atoms with van der Waals surface area (Å²) in [6.45, 7) is 18.5. The lowest BCUT2D eigenvalue weighted by molar-refractivity contribution is -0.270. The zero-order chi connectivity index (χ0) is 24.0. The second kappa shape index (κ2) is 7.56. The lowest BCUT2D eigenvalue weighted by Gasteiger charge is -2.63. The third kappa shape index (κ3) is 2.97. The van der Waals surface area contributed by atoms with Crippen LogP contribution >= 0.6 is 0 Å². The first-order valence-electron chi connectivity index (χ1n) is 14.0. The Labute approximate surface area is 202 Å². The van der Waals surface area contributed by atoms with Crippen molar-refractivity contribution < 1.29 is 15.3 Å². The van der Waals surface area contributed by atoms with Crippen molar-refractivity contribution in [1.82, 2.24) is 0 Å².